The topological polar surface area (TPSA) is 126 Å². The maximum atomic E-state index is 11.3. The van der Waals surface area contributed by atoms with Gasteiger partial charge in [-0.25, -0.2) is 14.3 Å². The molecule has 0 radical (unpaired) electrons. The summed E-state index contributed by atoms with van der Waals surface area (Å²) in [7, 11) is 0. The van der Waals surface area contributed by atoms with Crippen LogP contribution in [-0.2, 0) is 16.0 Å². The van der Waals surface area contributed by atoms with Crippen LogP contribution in [-0.4, -0.2) is 44.0 Å². The smallest absolute Gasteiger partial charge is 0.328 e. The Morgan fingerprint density at radius 2 is 2.33 bits per heavy atom. The van der Waals surface area contributed by atoms with E-state index in [2.05, 4.69) is 20.9 Å². The van der Waals surface area contributed by atoms with Gasteiger partial charge in [-0.05, 0) is 6.92 Å². The second kappa shape index (κ2) is 4.43. The summed E-state index contributed by atoms with van der Waals surface area (Å²) in [6.45, 7) is 1.46. The third kappa shape index (κ3) is 2.29. The number of hydrogen-bond acceptors (Lipinski definition) is 5. The normalized spacial score (nSPS) is 20.4. The maximum Gasteiger partial charge on any atom is 0.328 e. The molecule has 0 aliphatic carbocycles. The number of carboxylic acids is 1. The lowest BCUT2D eigenvalue weighted by Crippen LogP contribution is -2.31. The average Bonchev–Trinajstić information content (AvgIpc) is 2.86. The Balaban J connectivity index is 2.05. The van der Waals surface area contributed by atoms with Gasteiger partial charge in [-0.1, -0.05) is 5.21 Å². The minimum Gasteiger partial charge on any atom is -0.480 e. The number of amides is 3. The maximum absolute atomic E-state index is 11.3. The molecular weight excluding hydrogens is 242 g/mol. The molecule has 1 aromatic heterocycles. The fourth-order valence-corrected chi connectivity index (χ4v) is 1.52. The summed E-state index contributed by atoms with van der Waals surface area (Å²) in [5.41, 5.74) is 0.436. The number of carbonyl (C=O) groups excluding carboxylic acids is 2. The van der Waals surface area contributed by atoms with Crippen molar-refractivity contribution in [3.05, 3.63) is 11.9 Å². The molecule has 3 N–H and O–H groups in total. The molecule has 2 rings (SSSR count). The monoisotopic (exact) mass is 253 g/mol. The average molecular weight is 253 g/mol. The van der Waals surface area contributed by atoms with Crippen LogP contribution >= 0.6 is 0 Å². The molecule has 0 aromatic carbocycles. The molecule has 1 aliphatic rings. The molecule has 1 aliphatic heterocycles. The standard InChI is InChI=1S/C9H11N5O4/c1-4(8(16)17)14-3-5(12-13-14)2-6-7(15)11-9(18)10-6/h3-4,6H,2H2,1H3,(H,16,17)(H2,10,11,15,18)/t4-,6+/m0/s1. The minimum absolute atomic E-state index is 0.171. The van der Waals surface area contributed by atoms with Crippen LogP contribution in [0.2, 0.25) is 0 Å². The van der Waals surface area contributed by atoms with Crippen LogP contribution in [0.4, 0.5) is 4.79 Å². The molecule has 2 atom stereocenters. The van der Waals surface area contributed by atoms with Gasteiger partial charge in [0.15, 0.2) is 0 Å². The van der Waals surface area contributed by atoms with Crippen molar-refractivity contribution in [3.8, 4) is 0 Å². The van der Waals surface area contributed by atoms with Crippen molar-refractivity contribution >= 4 is 17.9 Å². The van der Waals surface area contributed by atoms with Crippen molar-refractivity contribution in [1.29, 1.82) is 0 Å². The SMILES string of the molecule is C[C@@H](C(=O)O)n1cc(C[C@H]2NC(=O)NC2=O)nn1. The zero-order valence-electron chi connectivity index (χ0n) is 9.45. The number of hydrogen-bond donors (Lipinski definition) is 3. The lowest BCUT2D eigenvalue weighted by Gasteiger charge is -2.04. The summed E-state index contributed by atoms with van der Waals surface area (Å²) in [4.78, 5) is 32.9. The number of rotatable bonds is 4. The van der Waals surface area contributed by atoms with Crippen LogP contribution in [0.5, 0.6) is 0 Å². The summed E-state index contributed by atoms with van der Waals surface area (Å²) < 4.78 is 1.19. The van der Waals surface area contributed by atoms with E-state index in [4.69, 9.17) is 5.11 Å². The zero-order chi connectivity index (χ0) is 13.3. The Morgan fingerprint density at radius 1 is 1.61 bits per heavy atom. The van der Waals surface area contributed by atoms with E-state index in [9.17, 15) is 14.4 Å². The molecular formula is C9H11N5O4. The van der Waals surface area contributed by atoms with Crippen LogP contribution < -0.4 is 10.6 Å². The highest BCUT2D eigenvalue weighted by atomic mass is 16.4. The first-order valence-electron chi connectivity index (χ1n) is 5.22. The van der Waals surface area contributed by atoms with Crippen LogP contribution in [0.25, 0.3) is 0 Å². The van der Waals surface area contributed by atoms with Crippen LogP contribution in [0.3, 0.4) is 0 Å². The van der Waals surface area contributed by atoms with E-state index in [1.54, 1.807) is 0 Å². The Morgan fingerprint density at radius 3 is 2.89 bits per heavy atom. The third-order valence-electron chi connectivity index (χ3n) is 2.58. The number of carbonyl (C=O) groups is 3. The van der Waals surface area contributed by atoms with Crippen molar-refractivity contribution in [2.24, 2.45) is 0 Å². The van der Waals surface area contributed by atoms with E-state index in [-0.39, 0.29) is 6.42 Å². The molecule has 18 heavy (non-hydrogen) atoms. The molecule has 2 heterocycles. The molecule has 0 saturated carbocycles. The summed E-state index contributed by atoms with van der Waals surface area (Å²) >= 11 is 0. The Hall–Kier alpha value is -2.45. The van der Waals surface area contributed by atoms with Crippen LogP contribution in [0, 0.1) is 0 Å². The van der Waals surface area contributed by atoms with E-state index >= 15 is 0 Å². The lowest BCUT2D eigenvalue weighted by atomic mass is 10.2. The number of carboxylic acid groups (broad SMARTS) is 1. The number of imide groups is 1. The van der Waals surface area contributed by atoms with Crippen LogP contribution in [0.15, 0.2) is 6.20 Å². The van der Waals surface area contributed by atoms with Crippen LogP contribution in [0.1, 0.15) is 18.7 Å². The van der Waals surface area contributed by atoms with Crippen molar-refractivity contribution in [2.75, 3.05) is 0 Å². The summed E-state index contributed by atoms with van der Waals surface area (Å²) in [6, 6.07) is -2.07. The molecule has 0 bridgehead atoms. The minimum atomic E-state index is -1.03. The Labute approximate surface area is 101 Å². The van der Waals surface area contributed by atoms with E-state index in [0.717, 1.165) is 0 Å². The van der Waals surface area contributed by atoms with Gasteiger partial charge in [0.25, 0.3) is 5.91 Å². The molecule has 9 nitrogen and oxygen atoms in total. The molecule has 0 spiro atoms. The van der Waals surface area contributed by atoms with E-state index in [0.29, 0.717) is 5.69 Å². The fraction of sp³-hybridized carbons (Fsp3) is 0.444. The van der Waals surface area contributed by atoms with E-state index < -0.39 is 30.0 Å². The second-order valence-electron chi connectivity index (χ2n) is 3.92. The van der Waals surface area contributed by atoms with E-state index in [1.807, 2.05) is 0 Å². The van der Waals surface area contributed by atoms with Gasteiger partial charge in [0.05, 0.1) is 5.69 Å². The number of aliphatic carboxylic acids is 1. The van der Waals surface area contributed by atoms with Gasteiger partial charge < -0.3 is 10.4 Å². The molecule has 3 amide bonds. The van der Waals surface area contributed by atoms with Gasteiger partial charge in [-0.3, -0.25) is 10.1 Å². The zero-order valence-corrected chi connectivity index (χ0v) is 9.45. The molecule has 96 valence electrons. The molecule has 1 aromatic rings. The van der Waals surface area contributed by atoms with Crippen molar-refractivity contribution in [3.63, 3.8) is 0 Å². The Kier molecular flexibility index (Phi) is 2.96. The number of nitrogens with one attached hydrogen (secondary N) is 2. The molecule has 9 heteroatoms. The number of nitrogens with zero attached hydrogens (tertiary/aromatic N) is 3. The van der Waals surface area contributed by atoms with Crippen molar-refractivity contribution < 1.29 is 19.5 Å². The molecule has 1 saturated heterocycles. The third-order valence-corrected chi connectivity index (χ3v) is 2.58. The van der Waals surface area contributed by atoms with Gasteiger partial charge in [0.1, 0.15) is 12.1 Å². The van der Waals surface area contributed by atoms with Gasteiger partial charge in [-0.15, -0.1) is 5.10 Å². The summed E-state index contributed by atoms with van der Waals surface area (Å²) in [5, 5.41) is 20.7. The molecule has 0 unspecified atom stereocenters. The van der Waals surface area contributed by atoms with Gasteiger partial charge in [-0.2, -0.15) is 0 Å². The lowest BCUT2D eigenvalue weighted by molar-refractivity contribution is -0.140. The number of urea groups is 1. The highest BCUT2D eigenvalue weighted by Gasteiger charge is 2.30. The first-order chi connectivity index (χ1) is 8.47. The van der Waals surface area contributed by atoms with Gasteiger partial charge >= 0.3 is 12.0 Å². The first kappa shape index (κ1) is 12.0. The van der Waals surface area contributed by atoms with Crippen molar-refractivity contribution in [2.45, 2.75) is 25.4 Å². The van der Waals surface area contributed by atoms with Gasteiger partial charge in [0.2, 0.25) is 0 Å². The first-order valence-corrected chi connectivity index (χ1v) is 5.22. The highest BCUT2D eigenvalue weighted by molar-refractivity contribution is 6.04. The fourth-order valence-electron chi connectivity index (χ4n) is 1.52. The van der Waals surface area contributed by atoms with Gasteiger partial charge in [0, 0.05) is 12.6 Å². The van der Waals surface area contributed by atoms with E-state index in [1.165, 1.54) is 17.8 Å². The largest absolute Gasteiger partial charge is 0.480 e. The Bertz CT molecular complexity index is 511. The molecule has 1 fully saturated rings. The number of aromatic nitrogens is 3. The summed E-state index contributed by atoms with van der Waals surface area (Å²) in [5.74, 6) is -1.46. The summed E-state index contributed by atoms with van der Waals surface area (Å²) in [6.07, 6.45) is 1.61. The van der Waals surface area contributed by atoms with Crippen molar-refractivity contribution in [1.82, 2.24) is 25.6 Å². The predicted molar refractivity (Wildman–Crippen MR) is 56.5 cm³/mol. The quantitative estimate of drug-likeness (QED) is 0.571. The second-order valence-corrected chi connectivity index (χ2v) is 3.92. The highest BCUT2D eigenvalue weighted by Crippen LogP contribution is 2.07. The predicted octanol–water partition coefficient (Wildman–Crippen LogP) is -1.33.